The molecule has 0 aliphatic carbocycles. The molecule has 1 aliphatic heterocycles. The summed E-state index contributed by atoms with van der Waals surface area (Å²) < 4.78 is 16.1. The van der Waals surface area contributed by atoms with Crippen molar-refractivity contribution in [1.29, 1.82) is 0 Å². The lowest BCUT2D eigenvalue weighted by molar-refractivity contribution is -0.149. The number of rotatable bonds is 7. The highest BCUT2D eigenvalue weighted by Gasteiger charge is 2.35. The standard InChI is InChI=1S/C22H25NO5/c1-15-7-9-16(10-8-15)12-23-13-18(11-20(23)24)22(25)28-14-17-5-4-6-19(26-2)21(17)27-3/h4-10,18H,11-14H2,1-3H3/t18-/m0/s1. The predicted molar refractivity (Wildman–Crippen MR) is 104 cm³/mol. The Labute approximate surface area is 165 Å². The molecule has 1 heterocycles. The molecule has 6 nitrogen and oxygen atoms in total. The summed E-state index contributed by atoms with van der Waals surface area (Å²) in [7, 11) is 3.10. The molecule has 2 aromatic carbocycles. The second-order valence-electron chi connectivity index (χ2n) is 6.92. The van der Waals surface area contributed by atoms with E-state index in [1.165, 1.54) is 5.56 Å². The predicted octanol–water partition coefficient (Wildman–Crippen LogP) is 3.10. The van der Waals surface area contributed by atoms with Crippen molar-refractivity contribution in [3.8, 4) is 11.5 Å². The number of carbonyl (C=O) groups excluding carboxylic acids is 2. The molecule has 0 N–H and O–H groups in total. The first-order valence-electron chi connectivity index (χ1n) is 9.21. The Morgan fingerprint density at radius 1 is 1.11 bits per heavy atom. The van der Waals surface area contributed by atoms with Gasteiger partial charge >= 0.3 is 5.97 Å². The average molecular weight is 383 g/mol. The smallest absolute Gasteiger partial charge is 0.311 e. The fraction of sp³-hybridized carbons (Fsp3) is 0.364. The number of esters is 1. The van der Waals surface area contributed by atoms with Gasteiger partial charge in [-0.2, -0.15) is 0 Å². The van der Waals surface area contributed by atoms with E-state index >= 15 is 0 Å². The van der Waals surface area contributed by atoms with E-state index in [-0.39, 0.29) is 24.9 Å². The Morgan fingerprint density at radius 3 is 2.54 bits per heavy atom. The molecule has 28 heavy (non-hydrogen) atoms. The van der Waals surface area contributed by atoms with Gasteiger partial charge in [-0.25, -0.2) is 0 Å². The van der Waals surface area contributed by atoms with Crippen LogP contribution in [0.15, 0.2) is 42.5 Å². The molecular formula is C22H25NO5. The first kappa shape index (κ1) is 19.7. The topological polar surface area (TPSA) is 65.1 Å². The monoisotopic (exact) mass is 383 g/mol. The number of ether oxygens (including phenoxy) is 3. The fourth-order valence-corrected chi connectivity index (χ4v) is 3.33. The lowest BCUT2D eigenvalue weighted by atomic mass is 10.1. The second-order valence-corrected chi connectivity index (χ2v) is 6.92. The number of carbonyl (C=O) groups is 2. The van der Waals surface area contributed by atoms with Crippen molar-refractivity contribution in [1.82, 2.24) is 4.90 Å². The van der Waals surface area contributed by atoms with Crippen LogP contribution >= 0.6 is 0 Å². The zero-order valence-electron chi connectivity index (χ0n) is 16.4. The molecule has 0 spiro atoms. The molecule has 1 aliphatic rings. The molecule has 0 bridgehead atoms. The first-order chi connectivity index (χ1) is 13.5. The number of hydrogen-bond acceptors (Lipinski definition) is 5. The van der Waals surface area contributed by atoms with Gasteiger partial charge in [0, 0.05) is 25.1 Å². The van der Waals surface area contributed by atoms with Crippen molar-refractivity contribution in [2.24, 2.45) is 5.92 Å². The van der Waals surface area contributed by atoms with Gasteiger partial charge < -0.3 is 19.1 Å². The maximum atomic E-state index is 12.5. The fourth-order valence-electron chi connectivity index (χ4n) is 3.33. The summed E-state index contributed by atoms with van der Waals surface area (Å²) in [5.74, 6) is 0.276. The summed E-state index contributed by atoms with van der Waals surface area (Å²) in [5.41, 5.74) is 2.94. The molecule has 2 aromatic rings. The molecular weight excluding hydrogens is 358 g/mol. The van der Waals surface area contributed by atoms with Crippen molar-refractivity contribution in [2.75, 3.05) is 20.8 Å². The molecule has 1 saturated heterocycles. The Morgan fingerprint density at radius 2 is 1.86 bits per heavy atom. The quantitative estimate of drug-likeness (QED) is 0.688. The maximum absolute atomic E-state index is 12.5. The zero-order valence-corrected chi connectivity index (χ0v) is 16.4. The van der Waals surface area contributed by atoms with Gasteiger partial charge in [-0.15, -0.1) is 0 Å². The summed E-state index contributed by atoms with van der Waals surface area (Å²) >= 11 is 0. The van der Waals surface area contributed by atoms with Crippen molar-refractivity contribution in [3.63, 3.8) is 0 Å². The van der Waals surface area contributed by atoms with Crippen LogP contribution in [0.4, 0.5) is 0 Å². The number of methoxy groups -OCH3 is 2. The normalized spacial score (nSPS) is 16.2. The van der Waals surface area contributed by atoms with Gasteiger partial charge in [0.05, 0.1) is 20.1 Å². The largest absolute Gasteiger partial charge is 0.493 e. The van der Waals surface area contributed by atoms with Crippen molar-refractivity contribution in [3.05, 3.63) is 59.2 Å². The first-order valence-corrected chi connectivity index (χ1v) is 9.21. The van der Waals surface area contributed by atoms with Gasteiger partial charge in [0.25, 0.3) is 0 Å². The molecule has 0 radical (unpaired) electrons. The van der Waals surface area contributed by atoms with Crippen LogP contribution in [0, 0.1) is 12.8 Å². The van der Waals surface area contributed by atoms with Gasteiger partial charge in [0.2, 0.25) is 5.91 Å². The Kier molecular flexibility index (Phi) is 6.19. The van der Waals surface area contributed by atoms with E-state index < -0.39 is 5.92 Å². The molecule has 1 atom stereocenters. The van der Waals surface area contributed by atoms with Gasteiger partial charge in [0.1, 0.15) is 6.61 Å². The van der Waals surface area contributed by atoms with Crippen LogP contribution < -0.4 is 9.47 Å². The van der Waals surface area contributed by atoms with E-state index in [4.69, 9.17) is 14.2 Å². The number of para-hydroxylation sites is 1. The number of amides is 1. The van der Waals surface area contributed by atoms with Gasteiger partial charge in [-0.05, 0) is 18.6 Å². The van der Waals surface area contributed by atoms with Gasteiger partial charge in [-0.3, -0.25) is 9.59 Å². The summed E-state index contributed by atoms with van der Waals surface area (Å²) in [6.45, 7) is 2.98. The Balaban J connectivity index is 1.58. The van der Waals surface area contributed by atoms with E-state index in [0.29, 0.717) is 24.6 Å². The van der Waals surface area contributed by atoms with E-state index in [9.17, 15) is 9.59 Å². The summed E-state index contributed by atoms with van der Waals surface area (Å²) in [5, 5.41) is 0. The average Bonchev–Trinajstić information content (AvgIpc) is 3.07. The van der Waals surface area contributed by atoms with Crippen molar-refractivity contribution in [2.45, 2.75) is 26.5 Å². The molecule has 0 aromatic heterocycles. The van der Waals surface area contributed by atoms with Gasteiger partial charge in [-0.1, -0.05) is 42.0 Å². The molecule has 0 saturated carbocycles. The third-order valence-corrected chi connectivity index (χ3v) is 4.90. The minimum absolute atomic E-state index is 0.0264. The molecule has 1 fully saturated rings. The summed E-state index contributed by atoms with van der Waals surface area (Å²) in [4.78, 5) is 26.5. The number of hydrogen-bond donors (Lipinski definition) is 0. The highest BCUT2D eigenvalue weighted by molar-refractivity contribution is 5.86. The van der Waals surface area contributed by atoms with Crippen LogP contribution in [0.1, 0.15) is 23.1 Å². The third-order valence-electron chi connectivity index (χ3n) is 4.90. The summed E-state index contributed by atoms with van der Waals surface area (Å²) in [6, 6.07) is 13.5. The highest BCUT2D eigenvalue weighted by Crippen LogP contribution is 2.31. The van der Waals surface area contributed by atoms with Crippen LogP contribution in [-0.2, 0) is 27.5 Å². The minimum Gasteiger partial charge on any atom is -0.493 e. The van der Waals surface area contributed by atoms with E-state index in [2.05, 4.69) is 0 Å². The number of aryl methyl sites for hydroxylation is 1. The number of nitrogens with zero attached hydrogens (tertiary/aromatic N) is 1. The molecule has 148 valence electrons. The summed E-state index contributed by atoms with van der Waals surface area (Å²) in [6.07, 6.45) is 0.180. The highest BCUT2D eigenvalue weighted by atomic mass is 16.5. The second kappa shape index (κ2) is 8.78. The van der Waals surface area contributed by atoms with E-state index in [1.54, 1.807) is 25.2 Å². The van der Waals surface area contributed by atoms with Crippen LogP contribution in [-0.4, -0.2) is 37.5 Å². The van der Waals surface area contributed by atoms with E-state index in [0.717, 1.165) is 11.1 Å². The third kappa shape index (κ3) is 4.44. The van der Waals surface area contributed by atoms with Crippen LogP contribution in [0.2, 0.25) is 0 Å². The minimum atomic E-state index is -0.449. The van der Waals surface area contributed by atoms with Crippen LogP contribution in [0.5, 0.6) is 11.5 Å². The Bertz CT molecular complexity index is 847. The zero-order chi connectivity index (χ0) is 20.1. The maximum Gasteiger partial charge on any atom is 0.311 e. The van der Waals surface area contributed by atoms with Crippen LogP contribution in [0.25, 0.3) is 0 Å². The SMILES string of the molecule is COc1cccc(COC(=O)[C@H]2CC(=O)N(Cc3ccc(C)cc3)C2)c1OC. The van der Waals surface area contributed by atoms with Crippen LogP contribution in [0.3, 0.4) is 0 Å². The molecule has 1 amide bonds. The lowest BCUT2D eigenvalue weighted by Gasteiger charge is -2.17. The van der Waals surface area contributed by atoms with Crippen molar-refractivity contribution >= 4 is 11.9 Å². The van der Waals surface area contributed by atoms with Crippen molar-refractivity contribution < 1.29 is 23.8 Å². The Hall–Kier alpha value is -3.02. The van der Waals surface area contributed by atoms with E-state index in [1.807, 2.05) is 43.3 Å². The number of likely N-dealkylation sites (tertiary alicyclic amines) is 1. The lowest BCUT2D eigenvalue weighted by Crippen LogP contribution is -2.26. The molecule has 3 rings (SSSR count). The van der Waals surface area contributed by atoms with Gasteiger partial charge in [0.15, 0.2) is 11.5 Å². The molecule has 6 heteroatoms. The number of benzene rings is 2. The molecule has 0 unspecified atom stereocenters.